The van der Waals surface area contributed by atoms with Crippen molar-refractivity contribution in [2.45, 2.75) is 12.8 Å². The van der Waals surface area contributed by atoms with Gasteiger partial charge in [-0.2, -0.15) is 0 Å². The van der Waals surface area contributed by atoms with Crippen LogP contribution >= 0.6 is 0 Å². The molecular formula is C11H13NO2. The first-order valence-corrected chi connectivity index (χ1v) is 4.74. The zero-order valence-corrected chi connectivity index (χ0v) is 7.86. The second kappa shape index (κ2) is 3.42. The first kappa shape index (κ1) is 9.21. The fraction of sp³-hybridized carbons (Fsp3) is 0.364. The second-order valence-corrected chi connectivity index (χ2v) is 3.76. The van der Waals surface area contributed by atoms with E-state index in [2.05, 4.69) is 5.32 Å². The lowest BCUT2D eigenvalue weighted by Crippen LogP contribution is -2.27. The van der Waals surface area contributed by atoms with Crippen LogP contribution in [-0.2, 0) is 4.79 Å². The van der Waals surface area contributed by atoms with Crippen molar-refractivity contribution >= 4 is 11.6 Å². The van der Waals surface area contributed by atoms with Gasteiger partial charge in [0.2, 0.25) is 5.91 Å². The van der Waals surface area contributed by atoms with Crippen molar-refractivity contribution in [2.75, 3.05) is 11.9 Å². The van der Waals surface area contributed by atoms with E-state index in [1.165, 1.54) is 0 Å². The number of aliphatic hydroxyl groups excluding tert-OH is 1. The van der Waals surface area contributed by atoms with E-state index in [1.54, 1.807) is 0 Å². The number of aliphatic hydroxyl groups is 1. The van der Waals surface area contributed by atoms with E-state index in [0.717, 1.165) is 18.5 Å². The summed E-state index contributed by atoms with van der Waals surface area (Å²) in [7, 11) is 0. The van der Waals surface area contributed by atoms with Crippen LogP contribution in [0, 0.1) is 5.41 Å². The van der Waals surface area contributed by atoms with Gasteiger partial charge in [0.25, 0.3) is 0 Å². The number of carbonyl (C=O) groups excluding carboxylic acids is 1. The molecule has 74 valence electrons. The van der Waals surface area contributed by atoms with Gasteiger partial charge in [0.15, 0.2) is 0 Å². The van der Waals surface area contributed by atoms with Gasteiger partial charge in [-0.1, -0.05) is 18.2 Å². The molecule has 0 radical (unpaired) electrons. The van der Waals surface area contributed by atoms with Crippen molar-refractivity contribution in [3.63, 3.8) is 0 Å². The molecule has 1 aromatic carbocycles. The van der Waals surface area contributed by atoms with Crippen molar-refractivity contribution in [3.8, 4) is 0 Å². The molecule has 1 amide bonds. The molecule has 0 heterocycles. The Bertz CT molecular complexity index is 330. The Kier molecular flexibility index (Phi) is 2.25. The highest BCUT2D eigenvalue weighted by molar-refractivity contribution is 5.97. The smallest absolute Gasteiger partial charge is 0.232 e. The number of hydrogen-bond donors (Lipinski definition) is 2. The summed E-state index contributed by atoms with van der Waals surface area (Å²) in [5.74, 6) is -0.0637. The summed E-state index contributed by atoms with van der Waals surface area (Å²) in [6.45, 7) is -0.0499. The van der Waals surface area contributed by atoms with Crippen molar-refractivity contribution in [1.29, 1.82) is 0 Å². The van der Waals surface area contributed by atoms with E-state index in [0.29, 0.717) is 0 Å². The van der Waals surface area contributed by atoms with Gasteiger partial charge in [-0.05, 0) is 25.0 Å². The number of benzene rings is 1. The molecule has 2 rings (SSSR count). The molecule has 0 saturated heterocycles. The Morgan fingerprint density at radius 2 is 2.00 bits per heavy atom. The SMILES string of the molecule is O=C(Nc1ccccc1)C1(CO)CC1. The predicted molar refractivity (Wildman–Crippen MR) is 53.8 cm³/mol. The van der Waals surface area contributed by atoms with Gasteiger partial charge in [-0.25, -0.2) is 0 Å². The fourth-order valence-electron chi connectivity index (χ4n) is 1.39. The third-order valence-corrected chi connectivity index (χ3v) is 2.67. The highest BCUT2D eigenvalue weighted by Crippen LogP contribution is 2.45. The van der Waals surface area contributed by atoms with Crippen molar-refractivity contribution in [3.05, 3.63) is 30.3 Å². The first-order valence-electron chi connectivity index (χ1n) is 4.74. The normalized spacial score (nSPS) is 17.5. The summed E-state index contributed by atoms with van der Waals surface area (Å²) in [4.78, 5) is 11.7. The second-order valence-electron chi connectivity index (χ2n) is 3.76. The number of anilines is 1. The van der Waals surface area contributed by atoms with Gasteiger partial charge < -0.3 is 10.4 Å². The van der Waals surface area contributed by atoms with Crippen molar-refractivity contribution in [1.82, 2.24) is 0 Å². The Labute approximate surface area is 82.8 Å². The minimum Gasteiger partial charge on any atom is -0.395 e. The maximum absolute atomic E-state index is 11.7. The van der Waals surface area contributed by atoms with Crippen LogP contribution in [0.15, 0.2) is 30.3 Å². The maximum atomic E-state index is 11.7. The van der Waals surface area contributed by atoms with Crippen LogP contribution in [0.3, 0.4) is 0 Å². The molecule has 3 nitrogen and oxygen atoms in total. The van der Waals surface area contributed by atoms with E-state index in [4.69, 9.17) is 5.11 Å². The molecule has 0 spiro atoms. The summed E-state index contributed by atoms with van der Waals surface area (Å²) in [6.07, 6.45) is 1.59. The Morgan fingerprint density at radius 1 is 1.36 bits per heavy atom. The summed E-state index contributed by atoms with van der Waals surface area (Å²) in [5.41, 5.74) is 0.299. The highest BCUT2D eigenvalue weighted by Gasteiger charge is 2.49. The lowest BCUT2D eigenvalue weighted by Gasteiger charge is -2.11. The summed E-state index contributed by atoms with van der Waals surface area (Å²) in [6, 6.07) is 9.31. The van der Waals surface area contributed by atoms with Gasteiger partial charge >= 0.3 is 0 Å². The third-order valence-electron chi connectivity index (χ3n) is 2.67. The predicted octanol–water partition coefficient (Wildman–Crippen LogP) is 1.40. The molecule has 0 atom stereocenters. The van der Waals surface area contributed by atoms with Crippen LogP contribution in [0.2, 0.25) is 0 Å². The lowest BCUT2D eigenvalue weighted by molar-refractivity contribution is -0.122. The third kappa shape index (κ3) is 1.63. The van der Waals surface area contributed by atoms with Gasteiger partial charge in [-0.15, -0.1) is 0 Å². The molecule has 2 N–H and O–H groups in total. The van der Waals surface area contributed by atoms with E-state index in [-0.39, 0.29) is 12.5 Å². The fourth-order valence-corrected chi connectivity index (χ4v) is 1.39. The number of hydrogen-bond acceptors (Lipinski definition) is 2. The quantitative estimate of drug-likeness (QED) is 0.758. The van der Waals surface area contributed by atoms with Gasteiger partial charge in [0.05, 0.1) is 12.0 Å². The maximum Gasteiger partial charge on any atom is 0.232 e. The molecule has 3 heteroatoms. The van der Waals surface area contributed by atoms with E-state index in [1.807, 2.05) is 30.3 Å². The van der Waals surface area contributed by atoms with Gasteiger partial charge in [-0.3, -0.25) is 4.79 Å². The standard InChI is InChI=1S/C11H13NO2/c13-8-11(6-7-11)10(14)12-9-4-2-1-3-5-9/h1-5,13H,6-8H2,(H,12,14). The van der Waals surface area contributed by atoms with Crippen LogP contribution in [-0.4, -0.2) is 17.6 Å². The Hall–Kier alpha value is -1.35. The Morgan fingerprint density at radius 3 is 2.50 bits per heavy atom. The van der Waals surface area contributed by atoms with Crippen molar-refractivity contribution < 1.29 is 9.90 Å². The Balaban J connectivity index is 2.02. The topological polar surface area (TPSA) is 49.3 Å². The van der Waals surface area contributed by atoms with Gasteiger partial charge in [0.1, 0.15) is 0 Å². The number of carbonyl (C=O) groups is 1. The molecule has 0 bridgehead atoms. The number of rotatable bonds is 3. The summed E-state index contributed by atoms with van der Waals surface area (Å²) in [5, 5.41) is 11.8. The van der Waals surface area contributed by atoms with Gasteiger partial charge in [0, 0.05) is 5.69 Å². The summed E-state index contributed by atoms with van der Waals surface area (Å²) >= 11 is 0. The average Bonchev–Trinajstić information content (AvgIpc) is 3.00. The van der Waals surface area contributed by atoms with E-state index in [9.17, 15) is 4.79 Å². The molecule has 1 aliphatic carbocycles. The number of para-hydroxylation sites is 1. The molecule has 1 fully saturated rings. The average molecular weight is 191 g/mol. The minimum absolute atomic E-state index is 0.0499. The molecule has 1 saturated carbocycles. The minimum atomic E-state index is -0.490. The molecule has 0 unspecified atom stereocenters. The summed E-state index contributed by atoms with van der Waals surface area (Å²) < 4.78 is 0. The van der Waals surface area contributed by atoms with Crippen LogP contribution in [0.5, 0.6) is 0 Å². The van der Waals surface area contributed by atoms with Crippen LogP contribution < -0.4 is 5.32 Å². The van der Waals surface area contributed by atoms with Crippen LogP contribution in [0.4, 0.5) is 5.69 Å². The first-order chi connectivity index (χ1) is 6.77. The largest absolute Gasteiger partial charge is 0.395 e. The van der Waals surface area contributed by atoms with Crippen LogP contribution in [0.25, 0.3) is 0 Å². The molecule has 14 heavy (non-hydrogen) atoms. The lowest BCUT2D eigenvalue weighted by atomic mass is 10.1. The zero-order chi connectivity index (χ0) is 10.0. The highest BCUT2D eigenvalue weighted by atomic mass is 16.3. The van der Waals surface area contributed by atoms with E-state index >= 15 is 0 Å². The number of amides is 1. The molecule has 0 aliphatic heterocycles. The molecule has 1 aromatic rings. The van der Waals surface area contributed by atoms with E-state index < -0.39 is 5.41 Å². The molecular weight excluding hydrogens is 178 g/mol. The van der Waals surface area contributed by atoms with Crippen molar-refractivity contribution in [2.24, 2.45) is 5.41 Å². The monoisotopic (exact) mass is 191 g/mol. The number of nitrogens with one attached hydrogen (secondary N) is 1. The van der Waals surface area contributed by atoms with Crippen LogP contribution in [0.1, 0.15) is 12.8 Å². The zero-order valence-electron chi connectivity index (χ0n) is 7.86. The molecule has 0 aromatic heterocycles. The molecule has 1 aliphatic rings.